The maximum Gasteiger partial charge on any atom is 0.126 e. The van der Waals surface area contributed by atoms with Gasteiger partial charge in [0.2, 0.25) is 0 Å². The van der Waals surface area contributed by atoms with Crippen LogP contribution in [0.5, 0.6) is 0 Å². The van der Waals surface area contributed by atoms with Gasteiger partial charge in [0.05, 0.1) is 6.10 Å². The molecule has 3 rings (SSSR count). The molecular formula is C18H19FO. The molecule has 0 bridgehead atoms. The molecule has 2 atom stereocenters. The third-order valence-corrected chi connectivity index (χ3v) is 4.33. The number of fused-ring (bicyclic) bond motifs is 1. The molecule has 0 fully saturated rings. The van der Waals surface area contributed by atoms with E-state index in [1.165, 1.54) is 17.2 Å². The van der Waals surface area contributed by atoms with Crippen molar-refractivity contribution in [2.75, 3.05) is 0 Å². The number of aliphatic hydroxyl groups is 1. The summed E-state index contributed by atoms with van der Waals surface area (Å²) in [6.07, 6.45) is 2.47. The van der Waals surface area contributed by atoms with Crippen molar-refractivity contribution in [1.82, 2.24) is 0 Å². The summed E-state index contributed by atoms with van der Waals surface area (Å²) in [4.78, 5) is 0. The molecule has 1 nitrogen and oxygen atoms in total. The molecule has 0 aromatic heterocycles. The van der Waals surface area contributed by atoms with Crippen LogP contribution >= 0.6 is 0 Å². The van der Waals surface area contributed by atoms with Gasteiger partial charge in [0.25, 0.3) is 0 Å². The number of aryl methyl sites for hydroxylation is 2. The van der Waals surface area contributed by atoms with Crippen LogP contribution in [-0.2, 0) is 6.42 Å². The zero-order chi connectivity index (χ0) is 14.1. The van der Waals surface area contributed by atoms with Crippen molar-refractivity contribution in [3.63, 3.8) is 0 Å². The Morgan fingerprint density at radius 1 is 1.20 bits per heavy atom. The highest BCUT2D eigenvalue weighted by Crippen LogP contribution is 2.40. The lowest BCUT2D eigenvalue weighted by Gasteiger charge is -2.29. The molecule has 2 unspecified atom stereocenters. The zero-order valence-corrected chi connectivity index (χ0v) is 11.6. The van der Waals surface area contributed by atoms with Gasteiger partial charge in [0.15, 0.2) is 0 Å². The fraction of sp³-hybridized carbons (Fsp3) is 0.333. The number of rotatable bonds is 2. The van der Waals surface area contributed by atoms with Crippen LogP contribution in [0.25, 0.3) is 0 Å². The molecule has 1 aliphatic rings. The summed E-state index contributed by atoms with van der Waals surface area (Å²) in [5, 5.41) is 10.6. The Labute approximate surface area is 119 Å². The fourth-order valence-electron chi connectivity index (χ4n) is 3.14. The van der Waals surface area contributed by atoms with Gasteiger partial charge in [-0.15, -0.1) is 0 Å². The minimum atomic E-state index is -0.633. The van der Waals surface area contributed by atoms with Gasteiger partial charge in [0.1, 0.15) is 5.82 Å². The molecule has 0 radical (unpaired) electrons. The van der Waals surface area contributed by atoms with Crippen molar-refractivity contribution in [3.8, 4) is 0 Å². The van der Waals surface area contributed by atoms with Crippen LogP contribution in [0.3, 0.4) is 0 Å². The number of benzene rings is 2. The number of hydrogen-bond acceptors (Lipinski definition) is 1. The maximum absolute atomic E-state index is 13.7. The van der Waals surface area contributed by atoms with Gasteiger partial charge in [0, 0.05) is 5.92 Å². The van der Waals surface area contributed by atoms with Crippen molar-refractivity contribution in [2.45, 2.75) is 38.2 Å². The lowest BCUT2D eigenvalue weighted by molar-refractivity contribution is 0.135. The molecule has 2 aromatic rings. The number of hydrogen-bond donors (Lipinski definition) is 1. The Balaban J connectivity index is 1.95. The highest BCUT2D eigenvalue weighted by Gasteiger charge is 2.27. The maximum atomic E-state index is 13.7. The van der Waals surface area contributed by atoms with E-state index in [0.29, 0.717) is 11.1 Å². The van der Waals surface area contributed by atoms with E-state index in [1.807, 2.05) is 18.2 Å². The van der Waals surface area contributed by atoms with Gasteiger partial charge in [-0.2, -0.15) is 0 Å². The molecule has 0 spiro atoms. The Hall–Kier alpha value is -1.67. The average molecular weight is 270 g/mol. The monoisotopic (exact) mass is 270 g/mol. The molecule has 1 N–H and O–H groups in total. The fourth-order valence-corrected chi connectivity index (χ4v) is 3.14. The van der Waals surface area contributed by atoms with Crippen LogP contribution in [0, 0.1) is 12.7 Å². The van der Waals surface area contributed by atoms with Crippen LogP contribution in [-0.4, -0.2) is 5.11 Å². The SMILES string of the molecule is Cc1ccc(C(O)C2CCCc3ccccc32)cc1F. The smallest absolute Gasteiger partial charge is 0.126 e. The van der Waals surface area contributed by atoms with Gasteiger partial charge in [-0.05, 0) is 54.5 Å². The molecular weight excluding hydrogens is 251 g/mol. The third kappa shape index (κ3) is 2.36. The highest BCUT2D eigenvalue weighted by molar-refractivity contribution is 5.36. The minimum Gasteiger partial charge on any atom is -0.388 e. The van der Waals surface area contributed by atoms with E-state index in [2.05, 4.69) is 12.1 Å². The molecule has 0 saturated carbocycles. The summed E-state index contributed by atoms with van der Waals surface area (Å²) < 4.78 is 13.7. The van der Waals surface area contributed by atoms with E-state index in [1.54, 1.807) is 13.0 Å². The van der Waals surface area contributed by atoms with Crippen molar-refractivity contribution < 1.29 is 9.50 Å². The summed E-state index contributed by atoms with van der Waals surface area (Å²) in [5.41, 5.74) is 3.82. The summed E-state index contributed by atoms with van der Waals surface area (Å²) in [6, 6.07) is 13.3. The first kappa shape index (κ1) is 13.3. The lowest BCUT2D eigenvalue weighted by atomic mass is 9.78. The zero-order valence-electron chi connectivity index (χ0n) is 11.6. The molecule has 1 aliphatic carbocycles. The first-order valence-electron chi connectivity index (χ1n) is 7.19. The molecule has 104 valence electrons. The van der Waals surface area contributed by atoms with Gasteiger partial charge < -0.3 is 5.11 Å². The molecule has 0 amide bonds. The predicted octanol–water partition coefficient (Wildman–Crippen LogP) is 4.29. The van der Waals surface area contributed by atoms with Crippen LogP contribution in [0.4, 0.5) is 4.39 Å². The van der Waals surface area contributed by atoms with Crippen LogP contribution in [0.2, 0.25) is 0 Å². The van der Waals surface area contributed by atoms with Gasteiger partial charge in [-0.1, -0.05) is 36.4 Å². The average Bonchev–Trinajstić information content (AvgIpc) is 2.49. The van der Waals surface area contributed by atoms with Crippen molar-refractivity contribution in [1.29, 1.82) is 0 Å². The summed E-state index contributed by atoms with van der Waals surface area (Å²) >= 11 is 0. The second-order valence-electron chi connectivity index (χ2n) is 5.65. The molecule has 20 heavy (non-hydrogen) atoms. The topological polar surface area (TPSA) is 20.2 Å². The largest absolute Gasteiger partial charge is 0.388 e. The Morgan fingerprint density at radius 2 is 2.00 bits per heavy atom. The van der Waals surface area contributed by atoms with Crippen LogP contribution in [0.1, 0.15) is 47.1 Å². The molecule has 2 aromatic carbocycles. The van der Waals surface area contributed by atoms with E-state index in [-0.39, 0.29) is 11.7 Å². The molecule has 2 heteroatoms. The number of aliphatic hydroxyl groups excluding tert-OH is 1. The molecule has 0 aliphatic heterocycles. The quantitative estimate of drug-likeness (QED) is 0.863. The molecule has 0 saturated heterocycles. The number of halogens is 1. The van der Waals surface area contributed by atoms with Gasteiger partial charge in [-0.25, -0.2) is 4.39 Å². The van der Waals surface area contributed by atoms with Crippen molar-refractivity contribution in [3.05, 3.63) is 70.5 Å². The van der Waals surface area contributed by atoms with Crippen LogP contribution < -0.4 is 0 Å². The second-order valence-corrected chi connectivity index (χ2v) is 5.65. The Kier molecular flexibility index (Phi) is 3.58. The van der Waals surface area contributed by atoms with E-state index in [0.717, 1.165) is 19.3 Å². The predicted molar refractivity (Wildman–Crippen MR) is 78.2 cm³/mol. The van der Waals surface area contributed by atoms with Gasteiger partial charge >= 0.3 is 0 Å². The van der Waals surface area contributed by atoms with E-state index in [9.17, 15) is 9.50 Å². The standard InChI is InChI=1S/C18H19FO/c1-12-9-10-14(11-17(12)19)18(20)16-8-4-6-13-5-2-3-7-15(13)16/h2-3,5,7,9-11,16,18,20H,4,6,8H2,1H3. The van der Waals surface area contributed by atoms with E-state index in [4.69, 9.17) is 0 Å². The second kappa shape index (κ2) is 5.37. The highest BCUT2D eigenvalue weighted by atomic mass is 19.1. The first-order chi connectivity index (χ1) is 9.66. The normalized spacial score (nSPS) is 19.4. The van der Waals surface area contributed by atoms with Crippen molar-refractivity contribution >= 4 is 0 Å². The first-order valence-corrected chi connectivity index (χ1v) is 7.19. The lowest BCUT2D eigenvalue weighted by Crippen LogP contribution is -2.17. The van der Waals surface area contributed by atoms with E-state index < -0.39 is 6.10 Å². The third-order valence-electron chi connectivity index (χ3n) is 4.33. The minimum absolute atomic E-state index is 0.0713. The van der Waals surface area contributed by atoms with Crippen LogP contribution in [0.15, 0.2) is 42.5 Å². The Morgan fingerprint density at radius 3 is 2.80 bits per heavy atom. The van der Waals surface area contributed by atoms with Gasteiger partial charge in [-0.3, -0.25) is 0 Å². The molecule has 0 heterocycles. The summed E-state index contributed by atoms with van der Waals surface area (Å²) in [6.45, 7) is 1.74. The van der Waals surface area contributed by atoms with E-state index >= 15 is 0 Å². The summed E-state index contributed by atoms with van der Waals surface area (Å²) in [7, 11) is 0. The Bertz CT molecular complexity index is 621. The van der Waals surface area contributed by atoms with Crippen molar-refractivity contribution in [2.24, 2.45) is 0 Å². The summed E-state index contributed by atoms with van der Waals surface area (Å²) in [5.74, 6) is -0.173.